The highest BCUT2D eigenvalue weighted by Gasteiger charge is 2.17. The van der Waals surface area contributed by atoms with Crippen LogP contribution in [0.25, 0.3) is 78.0 Å². The van der Waals surface area contributed by atoms with E-state index < -0.39 is 0 Å². The van der Waals surface area contributed by atoms with E-state index in [-0.39, 0.29) is 5.69 Å². The predicted molar refractivity (Wildman–Crippen MR) is 173 cm³/mol. The van der Waals surface area contributed by atoms with E-state index in [1.165, 1.54) is 0 Å². The minimum atomic E-state index is -0.0395. The number of hydrogen-bond donors (Lipinski definition) is 0. The number of aryl methyl sites for hydroxylation is 2. The molecule has 0 saturated heterocycles. The average molecular weight is 559 g/mol. The summed E-state index contributed by atoms with van der Waals surface area (Å²) in [5.74, 6) is 0.646. The normalized spacial score (nSPS) is 11.6. The summed E-state index contributed by atoms with van der Waals surface area (Å²) in [7, 11) is 3.61. The molecule has 0 aliphatic carbocycles. The molecular weight excluding hydrogens is 532 g/mol. The number of rotatable bonds is 4. The van der Waals surface area contributed by atoms with E-state index in [1.54, 1.807) is 23.2 Å². The zero-order chi connectivity index (χ0) is 29.1. The second-order valence-electron chi connectivity index (χ2n) is 10.8. The van der Waals surface area contributed by atoms with Gasteiger partial charge < -0.3 is 4.42 Å². The lowest BCUT2D eigenvalue weighted by Crippen LogP contribution is -2.19. The predicted octanol–water partition coefficient (Wildman–Crippen LogP) is 8.23. The fourth-order valence-corrected chi connectivity index (χ4v) is 5.94. The first kappa shape index (κ1) is 25.0. The Bertz CT molecular complexity index is 2400. The molecule has 6 nitrogen and oxygen atoms in total. The van der Waals surface area contributed by atoms with Gasteiger partial charge in [0.15, 0.2) is 5.82 Å². The van der Waals surface area contributed by atoms with Crippen LogP contribution in [0.15, 0.2) is 131 Å². The lowest BCUT2D eigenvalue weighted by Gasteiger charge is -2.11. The summed E-state index contributed by atoms with van der Waals surface area (Å²) in [6, 6.07) is 40.9. The smallest absolute Gasteiger partial charge is 0.328 e. The van der Waals surface area contributed by atoms with Gasteiger partial charge in [-0.25, -0.2) is 14.8 Å². The molecule has 0 radical (unpaired) electrons. The lowest BCUT2D eigenvalue weighted by molar-refractivity contribution is 0.670. The molecule has 6 heteroatoms. The Morgan fingerprint density at radius 1 is 0.558 bits per heavy atom. The van der Waals surface area contributed by atoms with E-state index in [0.717, 1.165) is 72.2 Å². The Labute approximate surface area is 247 Å². The van der Waals surface area contributed by atoms with Crippen LogP contribution in [-0.4, -0.2) is 19.1 Å². The van der Waals surface area contributed by atoms with Crippen molar-refractivity contribution in [2.24, 2.45) is 14.1 Å². The molecule has 0 N–H and O–H groups in total. The fourth-order valence-electron chi connectivity index (χ4n) is 5.94. The number of benzene rings is 5. The minimum absolute atomic E-state index is 0.0395. The Morgan fingerprint density at radius 3 is 2.12 bits per heavy atom. The van der Waals surface area contributed by atoms with Gasteiger partial charge in [-0.1, -0.05) is 84.9 Å². The number of para-hydroxylation sites is 2. The van der Waals surface area contributed by atoms with Gasteiger partial charge in [0.25, 0.3) is 0 Å². The monoisotopic (exact) mass is 558 g/mol. The molecule has 8 rings (SSSR count). The summed E-state index contributed by atoms with van der Waals surface area (Å²) in [4.78, 5) is 22.6. The van der Waals surface area contributed by atoms with Crippen molar-refractivity contribution in [3.8, 4) is 45.0 Å². The maximum absolute atomic E-state index is 12.5. The van der Waals surface area contributed by atoms with Crippen LogP contribution in [0.4, 0.5) is 0 Å². The largest absolute Gasteiger partial charge is 0.455 e. The van der Waals surface area contributed by atoms with Gasteiger partial charge in [-0.05, 0) is 47.5 Å². The molecule has 0 aliphatic heterocycles. The third-order valence-corrected chi connectivity index (χ3v) is 8.20. The summed E-state index contributed by atoms with van der Waals surface area (Å²) < 4.78 is 9.73. The van der Waals surface area contributed by atoms with E-state index >= 15 is 0 Å². The van der Waals surface area contributed by atoms with Crippen molar-refractivity contribution in [1.29, 1.82) is 0 Å². The number of fused-ring (bicyclic) bond motifs is 4. The van der Waals surface area contributed by atoms with E-state index in [9.17, 15) is 4.79 Å². The molecule has 43 heavy (non-hydrogen) atoms. The molecule has 206 valence electrons. The summed E-state index contributed by atoms with van der Waals surface area (Å²) in [6.45, 7) is 0. The first-order valence-corrected chi connectivity index (χ1v) is 14.2. The molecule has 0 saturated carbocycles. The maximum Gasteiger partial charge on any atom is 0.328 e. The molecule has 0 spiro atoms. The molecule has 3 heterocycles. The van der Waals surface area contributed by atoms with Crippen molar-refractivity contribution in [2.45, 2.75) is 0 Å². The first-order valence-electron chi connectivity index (χ1n) is 14.2. The number of hydrogen-bond acceptors (Lipinski definition) is 4. The zero-order valence-electron chi connectivity index (χ0n) is 23.7. The molecule has 0 amide bonds. The quantitative estimate of drug-likeness (QED) is 0.218. The van der Waals surface area contributed by atoms with Crippen molar-refractivity contribution < 1.29 is 4.42 Å². The third kappa shape index (κ3) is 4.07. The van der Waals surface area contributed by atoms with Crippen molar-refractivity contribution in [3.63, 3.8) is 0 Å². The van der Waals surface area contributed by atoms with Crippen molar-refractivity contribution in [1.82, 2.24) is 19.1 Å². The van der Waals surface area contributed by atoms with Crippen molar-refractivity contribution in [3.05, 3.63) is 132 Å². The van der Waals surface area contributed by atoms with Gasteiger partial charge in [-0.3, -0.25) is 9.13 Å². The van der Waals surface area contributed by atoms with Gasteiger partial charge in [0.1, 0.15) is 11.2 Å². The topological polar surface area (TPSA) is 65.8 Å². The minimum Gasteiger partial charge on any atom is -0.455 e. The van der Waals surface area contributed by atoms with Crippen LogP contribution in [0.5, 0.6) is 0 Å². The number of imidazole rings is 1. The summed E-state index contributed by atoms with van der Waals surface area (Å²) in [6.07, 6.45) is 0. The molecular formula is C37H26N4O2. The van der Waals surface area contributed by atoms with E-state index in [0.29, 0.717) is 5.82 Å². The number of furan rings is 1. The molecule has 0 aliphatic rings. The van der Waals surface area contributed by atoms with Crippen LogP contribution in [0.3, 0.4) is 0 Å². The van der Waals surface area contributed by atoms with E-state index in [2.05, 4.69) is 54.6 Å². The van der Waals surface area contributed by atoms with Crippen LogP contribution in [0.1, 0.15) is 0 Å². The first-order chi connectivity index (χ1) is 21.0. The van der Waals surface area contributed by atoms with Crippen LogP contribution < -0.4 is 5.69 Å². The van der Waals surface area contributed by atoms with Crippen molar-refractivity contribution in [2.75, 3.05) is 0 Å². The number of aromatic nitrogens is 4. The van der Waals surface area contributed by atoms with Crippen LogP contribution in [0, 0.1) is 0 Å². The van der Waals surface area contributed by atoms with Crippen LogP contribution >= 0.6 is 0 Å². The van der Waals surface area contributed by atoms with Crippen LogP contribution in [0.2, 0.25) is 0 Å². The Kier molecular flexibility index (Phi) is 5.62. The van der Waals surface area contributed by atoms with Gasteiger partial charge in [0.2, 0.25) is 0 Å². The van der Waals surface area contributed by atoms with Crippen LogP contribution in [-0.2, 0) is 14.1 Å². The number of nitrogens with zero attached hydrogens (tertiary/aromatic N) is 4. The highest BCUT2D eigenvalue weighted by atomic mass is 16.3. The highest BCUT2D eigenvalue weighted by molar-refractivity contribution is 6.09. The van der Waals surface area contributed by atoms with Gasteiger partial charge in [-0.2, -0.15) is 0 Å². The highest BCUT2D eigenvalue weighted by Crippen LogP contribution is 2.37. The molecule has 3 aromatic heterocycles. The van der Waals surface area contributed by atoms with Crippen molar-refractivity contribution >= 4 is 33.0 Å². The molecule has 0 bridgehead atoms. The van der Waals surface area contributed by atoms with Gasteiger partial charge in [-0.15, -0.1) is 0 Å². The third-order valence-electron chi connectivity index (χ3n) is 8.20. The Balaban J connectivity index is 1.31. The van der Waals surface area contributed by atoms with Gasteiger partial charge >= 0.3 is 5.69 Å². The van der Waals surface area contributed by atoms with E-state index in [1.807, 2.05) is 66.7 Å². The molecule has 0 atom stereocenters. The standard InChI is InChI=1S/C37H26N4O2/c1-40-32-19-18-25(21-33(32)41(2)37(40)42)24-12-8-13-26(20-24)30-22-31(39-36(38-30)23-10-4-3-5-11-23)29-16-9-15-28-27-14-6-7-17-34(27)43-35(28)29/h3-22H,1-2H3. The van der Waals surface area contributed by atoms with E-state index in [4.69, 9.17) is 14.4 Å². The summed E-state index contributed by atoms with van der Waals surface area (Å²) in [5, 5.41) is 2.14. The zero-order valence-corrected chi connectivity index (χ0v) is 23.7. The average Bonchev–Trinajstić information content (AvgIpc) is 3.55. The Hall–Kier alpha value is -5.75. The molecule has 0 fully saturated rings. The summed E-state index contributed by atoms with van der Waals surface area (Å²) in [5.41, 5.74) is 9.91. The SMILES string of the molecule is Cn1c(=O)n(C)c2cc(-c3cccc(-c4cc(-c5cccc6c5oc5ccccc56)nc(-c5ccccc5)n4)c3)ccc21. The summed E-state index contributed by atoms with van der Waals surface area (Å²) >= 11 is 0. The molecule has 8 aromatic rings. The second kappa shape index (κ2) is 9.67. The molecule has 0 unspecified atom stereocenters. The Morgan fingerprint density at radius 2 is 1.23 bits per heavy atom. The van der Waals surface area contributed by atoms with Gasteiger partial charge in [0.05, 0.1) is 22.4 Å². The van der Waals surface area contributed by atoms with Gasteiger partial charge in [0, 0.05) is 41.6 Å². The maximum atomic E-state index is 12.5. The second-order valence-corrected chi connectivity index (χ2v) is 10.8. The molecule has 5 aromatic carbocycles. The fraction of sp³-hybridized carbons (Fsp3) is 0.0541. The lowest BCUT2D eigenvalue weighted by atomic mass is 9.99.